The molecule has 0 radical (unpaired) electrons. The van der Waals surface area contributed by atoms with Crippen molar-refractivity contribution in [2.75, 3.05) is 0 Å². The molecule has 0 unspecified atom stereocenters. The van der Waals surface area contributed by atoms with Gasteiger partial charge < -0.3 is 10.0 Å². The van der Waals surface area contributed by atoms with Crippen LogP contribution in [0, 0.1) is 0 Å². The molecule has 2 aromatic carbocycles. The first-order chi connectivity index (χ1) is 13.1. The number of amides is 1. The van der Waals surface area contributed by atoms with Crippen LogP contribution in [0.3, 0.4) is 0 Å². The summed E-state index contributed by atoms with van der Waals surface area (Å²) >= 11 is 6.05. The molecule has 0 bridgehead atoms. The normalized spacial score (nSPS) is 16.9. The lowest BCUT2D eigenvalue weighted by Gasteiger charge is -2.27. The first-order valence-corrected chi connectivity index (χ1v) is 8.97. The molecule has 0 saturated heterocycles. The molecule has 1 N–H and O–H groups in total. The van der Waals surface area contributed by atoms with Gasteiger partial charge in [0.05, 0.1) is 6.04 Å². The zero-order valence-electron chi connectivity index (χ0n) is 14.4. The van der Waals surface area contributed by atoms with Crippen molar-refractivity contribution in [2.24, 2.45) is 0 Å². The van der Waals surface area contributed by atoms with Gasteiger partial charge in [-0.3, -0.25) is 9.78 Å². The molecule has 3 aromatic rings. The number of carbonyl (C=O) groups excluding carboxylic acids is 1. The van der Waals surface area contributed by atoms with Gasteiger partial charge in [-0.2, -0.15) is 0 Å². The van der Waals surface area contributed by atoms with Crippen LogP contribution in [0.1, 0.15) is 22.7 Å². The van der Waals surface area contributed by atoms with Crippen molar-refractivity contribution in [3.63, 3.8) is 0 Å². The summed E-state index contributed by atoms with van der Waals surface area (Å²) in [5.74, 6) is -0.609. The summed E-state index contributed by atoms with van der Waals surface area (Å²) in [5, 5.41) is 11.3. The van der Waals surface area contributed by atoms with Crippen LogP contribution in [0.25, 0.3) is 5.57 Å². The second-order valence-electron chi connectivity index (χ2n) is 6.38. The van der Waals surface area contributed by atoms with Crippen molar-refractivity contribution in [3.05, 3.63) is 107 Å². The third-order valence-electron chi connectivity index (χ3n) is 4.65. The molecule has 0 saturated carbocycles. The number of rotatable bonds is 4. The number of benzene rings is 2. The molecule has 134 valence electrons. The summed E-state index contributed by atoms with van der Waals surface area (Å²) in [6, 6.07) is 20.2. The Balaban J connectivity index is 1.81. The summed E-state index contributed by atoms with van der Waals surface area (Å²) in [4.78, 5) is 18.7. The van der Waals surface area contributed by atoms with Gasteiger partial charge in [-0.1, -0.05) is 60.1 Å². The van der Waals surface area contributed by atoms with E-state index in [1.807, 2.05) is 54.6 Å². The average Bonchev–Trinajstić information content (AvgIpc) is 2.95. The van der Waals surface area contributed by atoms with E-state index in [1.54, 1.807) is 29.4 Å². The van der Waals surface area contributed by atoms with Crippen molar-refractivity contribution < 1.29 is 9.90 Å². The van der Waals surface area contributed by atoms with Crippen molar-refractivity contribution in [1.82, 2.24) is 9.88 Å². The third kappa shape index (κ3) is 3.32. The lowest BCUT2D eigenvalue weighted by Crippen LogP contribution is -2.29. The topological polar surface area (TPSA) is 53.4 Å². The van der Waals surface area contributed by atoms with Crippen molar-refractivity contribution >= 4 is 23.1 Å². The van der Waals surface area contributed by atoms with E-state index in [9.17, 15) is 9.90 Å². The molecule has 0 spiro atoms. The molecule has 1 aromatic heterocycles. The van der Waals surface area contributed by atoms with Gasteiger partial charge in [0.1, 0.15) is 0 Å². The van der Waals surface area contributed by atoms with Crippen LogP contribution in [-0.2, 0) is 11.3 Å². The van der Waals surface area contributed by atoms with E-state index in [0.29, 0.717) is 17.1 Å². The average molecular weight is 377 g/mol. The molecule has 4 nitrogen and oxygen atoms in total. The maximum absolute atomic E-state index is 12.9. The zero-order chi connectivity index (χ0) is 18.8. The number of nitrogens with zero attached hydrogens (tertiary/aromatic N) is 2. The summed E-state index contributed by atoms with van der Waals surface area (Å²) in [5.41, 5.74) is 3.20. The lowest BCUT2D eigenvalue weighted by molar-refractivity contribution is -0.130. The minimum Gasteiger partial charge on any atom is -0.503 e. The molecule has 27 heavy (non-hydrogen) atoms. The Morgan fingerprint density at radius 3 is 2.41 bits per heavy atom. The number of carbonyl (C=O) groups is 1. The Labute approximate surface area is 162 Å². The first kappa shape index (κ1) is 17.3. The van der Waals surface area contributed by atoms with Gasteiger partial charge in [-0.05, 0) is 34.9 Å². The van der Waals surface area contributed by atoms with E-state index in [0.717, 1.165) is 16.7 Å². The summed E-state index contributed by atoms with van der Waals surface area (Å²) in [6.45, 7) is 0.348. The Kier molecular flexibility index (Phi) is 4.65. The standard InChI is InChI=1S/C22H17ClN2O2/c23-18-10-8-17(9-11-18)20-19(16-6-2-1-3-7-16)21(26)22(27)25(20)14-15-5-4-12-24-13-15/h1-13,20,26H,14H2/t20-/m0/s1. The SMILES string of the molecule is O=C1C(O)=C(c2ccccc2)[C@H](c2ccc(Cl)cc2)N1Cc1cccnc1. The fourth-order valence-electron chi connectivity index (χ4n) is 3.41. The number of pyridine rings is 1. The number of aliphatic hydroxyl groups is 1. The Morgan fingerprint density at radius 2 is 1.74 bits per heavy atom. The van der Waals surface area contributed by atoms with Gasteiger partial charge in [0, 0.05) is 29.5 Å². The van der Waals surface area contributed by atoms with Gasteiger partial charge in [0.2, 0.25) is 0 Å². The molecule has 1 atom stereocenters. The van der Waals surface area contributed by atoms with Gasteiger partial charge in [-0.15, -0.1) is 0 Å². The van der Waals surface area contributed by atoms with Crippen molar-refractivity contribution in [1.29, 1.82) is 0 Å². The van der Waals surface area contributed by atoms with Crippen LogP contribution >= 0.6 is 11.6 Å². The van der Waals surface area contributed by atoms with Gasteiger partial charge in [0.15, 0.2) is 5.76 Å². The van der Waals surface area contributed by atoms with Crippen molar-refractivity contribution in [2.45, 2.75) is 12.6 Å². The monoisotopic (exact) mass is 376 g/mol. The van der Waals surface area contributed by atoms with E-state index < -0.39 is 11.9 Å². The number of halogens is 1. The van der Waals surface area contributed by atoms with E-state index in [1.165, 1.54) is 0 Å². The molecule has 4 rings (SSSR count). The minimum atomic E-state index is -0.405. The third-order valence-corrected chi connectivity index (χ3v) is 4.90. The molecule has 1 aliphatic rings. The Morgan fingerprint density at radius 1 is 1.00 bits per heavy atom. The van der Waals surface area contributed by atoms with Crippen LogP contribution in [0.5, 0.6) is 0 Å². The summed E-state index contributed by atoms with van der Waals surface area (Å²) < 4.78 is 0. The van der Waals surface area contributed by atoms with Crippen LogP contribution in [0.4, 0.5) is 0 Å². The number of aliphatic hydroxyl groups excluding tert-OH is 1. The lowest BCUT2D eigenvalue weighted by atomic mass is 9.93. The Hall–Kier alpha value is -3.11. The number of hydrogen-bond acceptors (Lipinski definition) is 3. The molecule has 1 aliphatic heterocycles. The Bertz CT molecular complexity index is 986. The van der Waals surface area contributed by atoms with Crippen LogP contribution in [0.2, 0.25) is 5.02 Å². The highest BCUT2D eigenvalue weighted by Crippen LogP contribution is 2.43. The second kappa shape index (κ2) is 7.25. The molecule has 5 heteroatoms. The highest BCUT2D eigenvalue weighted by Gasteiger charge is 2.40. The van der Waals surface area contributed by atoms with Crippen molar-refractivity contribution in [3.8, 4) is 0 Å². The van der Waals surface area contributed by atoms with Gasteiger partial charge in [0.25, 0.3) is 5.91 Å². The highest BCUT2D eigenvalue weighted by molar-refractivity contribution is 6.30. The fourth-order valence-corrected chi connectivity index (χ4v) is 3.54. The van der Waals surface area contributed by atoms with E-state index >= 15 is 0 Å². The maximum atomic E-state index is 12.9. The molecule has 2 heterocycles. The predicted octanol–water partition coefficient (Wildman–Crippen LogP) is 4.79. The van der Waals surface area contributed by atoms with E-state index in [2.05, 4.69) is 4.98 Å². The molecular weight excluding hydrogens is 360 g/mol. The number of hydrogen-bond donors (Lipinski definition) is 1. The van der Waals surface area contributed by atoms with Gasteiger partial charge >= 0.3 is 0 Å². The van der Waals surface area contributed by atoms with Gasteiger partial charge in [-0.25, -0.2) is 0 Å². The van der Waals surface area contributed by atoms with E-state index in [-0.39, 0.29) is 5.76 Å². The highest BCUT2D eigenvalue weighted by atomic mass is 35.5. The zero-order valence-corrected chi connectivity index (χ0v) is 15.2. The smallest absolute Gasteiger partial charge is 0.290 e. The second-order valence-corrected chi connectivity index (χ2v) is 6.81. The van der Waals surface area contributed by atoms with Crippen LogP contribution in [0.15, 0.2) is 84.9 Å². The molecular formula is C22H17ClN2O2. The summed E-state index contributed by atoms with van der Waals surface area (Å²) in [6.07, 6.45) is 3.42. The van der Waals surface area contributed by atoms with Crippen LogP contribution < -0.4 is 0 Å². The van der Waals surface area contributed by atoms with E-state index in [4.69, 9.17) is 11.6 Å². The maximum Gasteiger partial charge on any atom is 0.290 e. The quantitative estimate of drug-likeness (QED) is 0.712. The first-order valence-electron chi connectivity index (χ1n) is 8.59. The fraction of sp³-hybridized carbons (Fsp3) is 0.0909. The van der Waals surface area contributed by atoms with Crippen LogP contribution in [-0.4, -0.2) is 20.9 Å². The predicted molar refractivity (Wildman–Crippen MR) is 105 cm³/mol. The molecule has 1 amide bonds. The molecule has 0 fully saturated rings. The number of aromatic nitrogens is 1. The minimum absolute atomic E-state index is 0.218. The molecule has 0 aliphatic carbocycles. The largest absolute Gasteiger partial charge is 0.503 e. The summed E-state index contributed by atoms with van der Waals surface area (Å²) in [7, 11) is 0.